The Balaban J connectivity index is 2.51. The van der Waals surface area contributed by atoms with Crippen LogP contribution in [0.5, 0.6) is 5.75 Å². The largest absolute Gasteiger partial charge is 0.492 e. The number of ether oxygens (including phenoxy) is 2. The summed E-state index contributed by atoms with van der Waals surface area (Å²) in [6, 6.07) is 5.65. The van der Waals surface area contributed by atoms with E-state index in [1.54, 1.807) is 0 Å². The molecule has 0 N–H and O–H groups in total. The van der Waals surface area contributed by atoms with Gasteiger partial charge in [0.2, 0.25) is 0 Å². The molecule has 0 saturated heterocycles. The minimum atomic E-state index is -0.687. The number of hydrogen-bond donors (Lipinski definition) is 0. The second-order valence-electron chi connectivity index (χ2n) is 3.75. The van der Waals surface area contributed by atoms with Crippen LogP contribution in [0.1, 0.15) is 12.5 Å². The average Bonchev–Trinajstić information content (AvgIpc) is 2.57. The van der Waals surface area contributed by atoms with Crippen molar-refractivity contribution in [1.29, 1.82) is 0 Å². The molecule has 0 saturated carbocycles. The molecule has 1 atom stereocenters. The lowest BCUT2D eigenvalue weighted by atomic mass is 9.85. The first kappa shape index (κ1) is 10.5. The highest BCUT2D eigenvalue weighted by Gasteiger charge is 2.44. The van der Waals surface area contributed by atoms with Crippen LogP contribution in [0.15, 0.2) is 22.7 Å². The standard InChI is InChI=1S/C11H11BrO3/c1-11(10(13)14-2)6-15-9-4-3-7(12)5-8(9)11/h3-5H,6H2,1-2H3. The third-order valence-electron chi connectivity index (χ3n) is 2.69. The number of esters is 1. The van der Waals surface area contributed by atoms with E-state index in [-0.39, 0.29) is 5.97 Å². The molecular formula is C11H11BrO3. The fourth-order valence-corrected chi connectivity index (χ4v) is 2.11. The second-order valence-corrected chi connectivity index (χ2v) is 4.67. The molecule has 0 radical (unpaired) electrons. The Morgan fingerprint density at radius 1 is 1.60 bits per heavy atom. The van der Waals surface area contributed by atoms with Crippen LogP contribution in [0.2, 0.25) is 0 Å². The SMILES string of the molecule is COC(=O)C1(C)COc2ccc(Br)cc21. The molecule has 80 valence electrons. The number of methoxy groups -OCH3 is 1. The molecule has 0 amide bonds. The van der Waals surface area contributed by atoms with E-state index in [4.69, 9.17) is 9.47 Å². The van der Waals surface area contributed by atoms with Crippen molar-refractivity contribution < 1.29 is 14.3 Å². The molecule has 0 spiro atoms. The summed E-state index contributed by atoms with van der Waals surface area (Å²) >= 11 is 3.38. The van der Waals surface area contributed by atoms with Gasteiger partial charge in [-0.3, -0.25) is 4.79 Å². The van der Waals surface area contributed by atoms with Crippen LogP contribution >= 0.6 is 15.9 Å². The van der Waals surface area contributed by atoms with Crippen LogP contribution in [-0.2, 0) is 14.9 Å². The Morgan fingerprint density at radius 3 is 3.00 bits per heavy atom. The monoisotopic (exact) mass is 270 g/mol. The van der Waals surface area contributed by atoms with Gasteiger partial charge in [-0.1, -0.05) is 15.9 Å². The summed E-state index contributed by atoms with van der Waals surface area (Å²) in [4.78, 5) is 11.7. The van der Waals surface area contributed by atoms with Gasteiger partial charge >= 0.3 is 5.97 Å². The van der Waals surface area contributed by atoms with Crippen molar-refractivity contribution in [3.05, 3.63) is 28.2 Å². The number of carbonyl (C=O) groups is 1. The zero-order chi connectivity index (χ0) is 11.1. The fraction of sp³-hybridized carbons (Fsp3) is 0.364. The molecule has 1 heterocycles. The third kappa shape index (κ3) is 1.53. The lowest BCUT2D eigenvalue weighted by Crippen LogP contribution is -2.35. The molecule has 1 unspecified atom stereocenters. The number of hydrogen-bond acceptors (Lipinski definition) is 3. The lowest BCUT2D eigenvalue weighted by Gasteiger charge is -2.19. The van der Waals surface area contributed by atoms with Crippen LogP contribution < -0.4 is 4.74 Å². The minimum absolute atomic E-state index is 0.264. The van der Waals surface area contributed by atoms with E-state index in [9.17, 15) is 4.79 Å². The highest BCUT2D eigenvalue weighted by Crippen LogP contribution is 2.40. The fourth-order valence-electron chi connectivity index (χ4n) is 1.75. The molecule has 0 aromatic heterocycles. The average molecular weight is 271 g/mol. The molecular weight excluding hydrogens is 260 g/mol. The van der Waals surface area contributed by atoms with Gasteiger partial charge in [-0.2, -0.15) is 0 Å². The van der Waals surface area contributed by atoms with Gasteiger partial charge in [0.25, 0.3) is 0 Å². The summed E-state index contributed by atoms with van der Waals surface area (Å²) in [5, 5.41) is 0. The molecule has 1 aromatic rings. The van der Waals surface area contributed by atoms with Crippen LogP contribution in [0, 0.1) is 0 Å². The maximum absolute atomic E-state index is 11.7. The van der Waals surface area contributed by atoms with Gasteiger partial charge in [0.15, 0.2) is 0 Å². The van der Waals surface area contributed by atoms with E-state index in [0.29, 0.717) is 6.61 Å². The maximum Gasteiger partial charge on any atom is 0.319 e. The zero-order valence-corrected chi connectivity index (χ0v) is 10.1. The molecule has 1 aromatic carbocycles. The molecule has 1 aliphatic heterocycles. The van der Waals surface area contributed by atoms with E-state index in [1.165, 1.54) is 7.11 Å². The first-order valence-electron chi connectivity index (χ1n) is 4.59. The molecule has 4 heteroatoms. The molecule has 2 rings (SSSR count). The van der Waals surface area contributed by atoms with Gasteiger partial charge in [-0.15, -0.1) is 0 Å². The van der Waals surface area contributed by atoms with Gasteiger partial charge in [0.1, 0.15) is 17.8 Å². The van der Waals surface area contributed by atoms with Crippen molar-refractivity contribution in [3.63, 3.8) is 0 Å². The third-order valence-corrected chi connectivity index (χ3v) is 3.18. The molecule has 3 nitrogen and oxygen atoms in total. The first-order valence-corrected chi connectivity index (χ1v) is 5.38. The van der Waals surface area contributed by atoms with Gasteiger partial charge < -0.3 is 9.47 Å². The zero-order valence-electron chi connectivity index (χ0n) is 8.54. The summed E-state index contributed by atoms with van der Waals surface area (Å²) in [7, 11) is 1.39. The van der Waals surface area contributed by atoms with E-state index in [1.807, 2.05) is 25.1 Å². The quantitative estimate of drug-likeness (QED) is 0.735. The van der Waals surface area contributed by atoms with Gasteiger partial charge in [-0.25, -0.2) is 0 Å². The summed E-state index contributed by atoms with van der Waals surface area (Å²) in [6.45, 7) is 2.17. The van der Waals surface area contributed by atoms with Crippen LogP contribution in [0.3, 0.4) is 0 Å². The maximum atomic E-state index is 11.7. The van der Waals surface area contributed by atoms with Crippen molar-refractivity contribution in [2.45, 2.75) is 12.3 Å². The van der Waals surface area contributed by atoms with Crippen molar-refractivity contribution in [2.75, 3.05) is 13.7 Å². The van der Waals surface area contributed by atoms with Crippen molar-refractivity contribution >= 4 is 21.9 Å². The van der Waals surface area contributed by atoms with Crippen molar-refractivity contribution in [3.8, 4) is 5.75 Å². The van der Waals surface area contributed by atoms with Gasteiger partial charge in [0, 0.05) is 10.0 Å². The topological polar surface area (TPSA) is 35.5 Å². The molecule has 1 aliphatic rings. The lowest BCUT2D eigenvalue weighted by molar-refractivity contribution is -0.147. The van der Waals surface area contributed by atoms with Crippen LogP contribution in [0.25, 0.3) is 0 Å². The van der Waals surface area contributed by atoms with E-state index in [2.05, 4.69) is 15.9 Å². The number of halogens is 1. The molecule has 0 aliphatic carbocycles. The van der Waals surface area contributed by atoms with Gasteiger partial charge in [0.05, 0.1) is 7.11 Å². The summed E-state index contributed by atoms with van der Waals surface area (Å²) in [6.07, 6.45) is 0. The van der Waals surface area contributed by atoms with Crippen molar-refractivity contribution in [2.24, 2.45) is 0 Å². The van der Waals surface area contributed by atoms with Crippen LogP contribution in [0.4, 0.5) is 0 Å². The smallest absolute Gasteiger partial charge is 0.319 e. The molecule has 15 heavy (non-hydrogen) atoms. The highest BCUT2D eigenvalue weighted by atomic mass is 79.9. The minimum Gasteiger partial charge on any atom is -0.492 e. The number of benzene rings is 1. The molecule has 0 bridgehead atoms. The van der Waals surface area contributed by atoms with E-state index in [0.717, 1.165) is 15.8 Å². The highest BCUT2D eigenvalue weighted by molar-refractivity contribution is 9.10. The summed E-state index contributed by atoms with van der Waals surface area (Å²) in [5.74, 6) is 0.491. The summed E-state index contributed by atoms with van der Waals surface area (Å²) in [5.41, 5.74) is 0.192. The van der Waals surface area contributed by atoms with Gasteiger partial charge in [-0.05, 0) is 25.1 Å². The van der Waals surface area contributed by atoms with Crippen LogP contribution in [-0.4, -0.2) is 19.7 Å². The molecule has 0 fully saturated rings. The van der Waals surface area contributed by atoms with E-state index < -0.39 is 5.41 Å². The Bertz CT molecular complexity index is 416. The predicted octanol–water partition coefficient (Wildman–Crippen LogP) is 2.27. The Labute approximate surface area is 96.5 Å². The summed E-state index contributed by atoms with van der Waals surface area (Å²) < 4.78 is 11.2. The second kappa shape index (κ2) is 3.52. The Kier molecular flexibility index (Phi) is 2.46. The van der Waals surface area contributed by atoms with E-state index >= 15 is 0 Å². The number of fused-ring (bicyclic) bond motifs is 1. The number of rotatable bonds is 1. The first-order chi connectivity index (χ1) is 7.08. The van der Waals surface area contributed by atoms with Crippen molar-refractivity contribution in [1.82, 2.24) is 0 Å². The predicted molar refractivity (Wildman–Crippen MR) is 59.0 cm³/mol. The Hall–Kier alpha value is -1.03. The number of carbonyl (C=O) groups excluding carboxylic acids is 1. The Morgan fingerprint density at radius 2 is 2.33 bits per heavy atom. The normalized spacial score (nSPS) is 23.1.